The number of nitrogens with two attached hydrogens (primary N) is 1. The van der Waals surface area contributed by atoms with E-state index in [1.807, 2.05) is 24.5 Å². The molecular weight excluding hydrogens is 204 g/mol. The van der Waals surface area contributed by atoms with Crippen LogP contribution in [-0.4, -0.2) is 17.0 Å². The number of rotatable bonds is 3. The van der Waals surface area contributed by atoms with Crippen LogP contribution in [0.3, 0.4) is 0 Å². The molecular formula is C12H14N2S. The summed E-state index contributed by atoms with van der Waals surface area (Å²) in [5.41, 5.74) is 7.34. The SMILES string of the molecule is CSCC(N)c1cccc2cnccc12. The number of thioether (sulfide) groups is 1. The molecule has 15 heavy (non-hydrogen) atoms. The highest BCUT2D eigenvalue weighted by Crippen LogP contribution is 2.23. The Morgan fingerprint density at radius 2 is 2.27 bits per heavy atom. The van der Waals surface area contributed by atoms with Crippen molar-refractivity contribution in [3.63, 3.8) is 0 Å². The average molecular weight is 218 g/mol. The van der Waals surface area contributed by atoms with Crippen molar-refractivity contribution in [3.8, 4) is 0 Å². The average Bonchev–Trinajstić information content (AvgIpc) is 2.28. The minimum absolute atomic E-state index is 0.103. The highest BCUT2D eigenvalue weighted by atomic mass is 32.2. The van der Waals surface area contributed by atoms with Crippen LogP contribution in [0.2, 0.25) is 0 Å². The molecule has 0 bridgehead atoms. The third-order valence-electron chi connectivity index (χ3n) is 2.46. The third kappa shape index (κ3) is 2.13. The van der Waals surface area contributed by atoms with E-state index < -0.39 is 0 Å². The third-order valence-corrected chi connectivity index (χ3v) is 3.15. The number of nitrogens with zero attached hydrogens (tertiary/aromatic N) is 1. The predicted molar refractivity (Wildman–Crippen MR) is 67.1 cm³/mol. The Bertz CT molecular complexity index is 451. The fraction of sp³-hybridized carbons (Fsp3) is 0.250. The minimum atomic E-state index is 0.103. The Balaban J connectivity index is 2.50. The van der Waals surface area contributed by atoms with Gasteiger partial charge < -0.3 is 5.73 Å². The molecule has 2 nitrogen and oxygen atoms in total. The summed E-state index contributed by atoms with van der Waals surface area (Å²) < 4.78 is 0. The number of benzene rings is 1. The van der Waals surface area contributed by atoms with E-state index in [-0.39, 0.29) is 6.04 Å². The van der Waals surface area contributed by atoms with Gasteiger partial charge in [0.05, 0.1) is 0 Å². The summed E-state index contributed by atoms with van der Waals surface area (Å²) in [6.07, 6.45) is 5.77. The van der Waals surface area contributed by atoms with Gasteiger partial charge in [-0.3, -0.25) is 4.98 Å². The van der Waals surface area contributed by atoms with Gasteiger partial charge in [-0.05, 0) is 23.3 Å². The van der Waals surface area contributed by atoms with Crippen molar-refractivity contribution in [2.24, 2.45) is 5.73 Å². The van der Waals surface area contributed by atoms with Crippen LogP contribution in [0.4, 0.5) is 0 Å². The standard InChI is InChI=1S/C12H14N2S/c1-15-8-12(13)11-4-2-3-9-7-14-6-5-10(9)11/h2-7,12H,8,13H2,1H3. The monoisotopic (exact) mass is 218 g/mol. The predicted octanol–water partition coefficient (Wildman–Crippen LogP) is 2.60. The van der Waals surface area contributed by atoms with Gasteiger partial charge in [0, 0.05) is 29.6 Å². The Morgan fingerprint density at radius 3 is 3.07 bits per heavy atom. The van der Waals surface area contributed by atoms with Crippen LogP contribution in [0.5, 0.6) is 0 Å². The van der Waals surface area contributed by atoms with Crippen LogP contribution in [0.1, 0.15) is 11.6 Å². The van der Waals surface area contributed by atoms with Crippen LogP contribution in [-0.2, 0) is 0 Å². The summed E-state index contributed by atoms with van der Waals surface area (Å²) in [5.74, 6) is 0.946. The van der Waals surface area contributed by atoms with Gasteiger partial charge in [0.1, 0.15) is 0 Å². The molecule has 1 aromatic carbocycles. The first-order valence-electron chi connectivity index (χ1n) is 4.90. The summed E-state index contributed by atoms with van der Waals surface area (Å²) >= 11 is 1.77. The van der Waals surface area contributed by atoms with Gasteiger partial charge in [-0.15, -0.1) is 0 Å². The molecule has 0 aliphatic carbocycles. The van der Waals surface area contributed by atoms with Crippen LogP contribution >= 0.6 is 11.8 Å². The molecule has 2 N–H and O–H groups in total. The van der Waals surface area contributed by atoms with Gasteiger partial charge in [0.15, 0.2) is 0 Å². The zero-order valence-electron chi connectivity index (χ0n) is 8.68. The summed E-state index contributed by atoms with van der Waals surface area (Å²) in [4.78, 5) is 4.11. The number of aromatic nitrogens is 1. The fourth-order valence-corrected chi connectivity index (χ4v) is 2.28. The molecule has 1 aromatic heterocycles. The van der Waals surface area contributed by atoms with E-state index in [1.54, 1.807) is 11.8 Å². The molecule has 0 saturated carbocycles. The maximum absolute atomic E-state index is 6.13. The molecule has 2 aromatic rings. The Morgan fingerprint density at radius 1 is 1.40 bits per heavy atom. The van der Waals surface area contributed by atoms with Gasteiger partial charge in [-0.2, -0.15) is 11.8 Å². The highest BCUT2D eigenvalue weighted by Gasteiger charge is 2.08. The Hall–Kier alpha value is -1.06. The number of pyridine rings is 1. The number of fused-ring (bicyclic) bond motifs is 1. The zero-order valence-corrected chi connectivity index (χ0v) is 9.50. The molecule has 0 aliphatic heterocycles. The molecule has 1 atom stereocenters. The first kappa shape index (κ1) is 10.5. The second-order valence-corrected chi connectivity index (χ2v) is 4.42. The lowest BCUT2D eigenvalue weighted by atomic mass is 10.0. The molecule has 1 unspecified atom stereocenters. The van der Waals surface area contributed by atoms with E-state index in [0.717, 1.165) is 11.1 Å². The molecule has 1 heterocycles. The van der Waals surface area contributed by atoms with Crippen molar-refractivity contribution in [1.82, 2.24) is 4.98 Å². The molecule has 0 fully saturated rings. The van der Waals surface area contributed by atoms with Crippen molar-refractivity contribution in [2.75, 3.05) is 12.0 Å². The smallest absolute Gasteiger partial charge is 0.0392 e. The summed E-state index contributed by atoms with van der Waals surface area (Å²) in [7, 11) is 0. The largest absolute Gasteiger partial charge is 0.323 e. The normalized spacial score (nSPS) is 12.9. The van der Waals surface area contributed by atoms with Crippen molar-refractivity contribution < 1.29 is 0 Å². The molecule has 2 rings (SSSR count). The van der Waals surface area contributed by atoms with Crippen molar-refractivity contribution in [3.05, 3.63) is 42.2 Å². The van der Waals surface area contributed by atoms with Gasteiger partial charge in [-0.25, -0.2) is 0 Å². The summed E-state index contributed by atoms with van der Waals surface area (Å²) in [5, 5.41) is 2.38. The van der Waals surface area contributed by atoms with E-state index in [0.29, 0.717) is 0 Å². The second-order valence-electron chi connectivity index (χ2n) is 3.51. The van der Waals surface area contributed by atoms with Crippen LogP contribution in [0.25, 0.3) is 10.8 Å². The maximum atomic E-state index is 6.13. The van der Waals surface area contributed by atoms with Gasteiger partial charge in [-0.1, -0.05) is 18.2 Å². The fourth-order valence-electron chi connectivity index (χ4n) is 1.74. The number of hydrogen-bond donors (Lipinski definition) is 1. The van der Waals surface area contributed by atoms with Gasteiger partial charge in [0.25, 0.3) is 0 Å². The topological polar surface area (TPSA) is 38.9 Å². The van der Waals surface area contributed by atoms with Crippen LogP contribution in [0, 0.1) is 0 Å². The first-order chi connectivity index (χ1) is 7.33. The molecule has 3 heteroatoms. The Labute approximate surface area is 93.9 Å². The van der Waals surface area contributed by atoms with E-state index in [1.165, 1.54) is 10.9 Å². The van der Waals surface area contributed by atoms with Crippen molar-refractivity contribution in [1.29, 1.82) is 0 Å². The lowest BCUT2D eigenvalue weighted by molar-refractivity contribution is 0.841. The summed E-state index contributed by atoms with van der Waals surface area (Å²) in [6, 6.07) is 8.34. The minimum Gasteiger partial charge on any atom is -0.323 e. The lowest BCUT2D eigenvalue weighted by Gasteiger charge is -2.13. The number of hydrogen-bond acceptors (Lipinski definition) is 3. The van der Waals surface area contributed by atoms with Crippen molar-refractivity contribution >= 4 is 22.5 Å². The molecule has 0 amide bonds. The highest BCUT2D eigenvalue weighted by molar-refractivity contribution is 7.98. The van der Waals surface area contributed by atoms with E-state index >= 15 is 0 Å². The molecule has 0 saturated heterocycles. The van der Waals surface area contributed by atoms with E-state index in [2.05, 4.69) is 23.4 Å². The summed E-state index contributed by atoms with van der Waals surface area (Å²) in [6.45, 7) is 0. The maximum Gasteiger partial charge on any atom is 0.0392 e. The van der Waals surface area contributed by atoms with Crippen LogP contribution in [0.15, 0.2) is 36.7 Å². The van der Waals surface area contributed by atoms with Crippen molar-refractivity contribution in [2.45, 2.75) is 6.04 Å². The lowest BCUT2D eigenvalue weighted by Crippen LogP contribution is -2.13. The van der Waals surface area contributed by atoms with Crippen LogP contribution < -0.4 is 5.73 Å². The zero-order chi connectivity index (χ0) is 10.7. The molecule has 78 valence electrons. The molecule has 0 spiro atoms. The Kier molecular flexibility index (Phi) is 3.23. The second kappa shape index (κ2) is 4.64. The molecule has 0 radical (unpaired) electrons. The first-order valence-corrected chi connectivity index (χ1v) is 6.29. The quantitative estimate of drug-likeness (QED) is 0.860. The molecule has 0 aliphatic rings. The van der Waals surface area contributed by atoms with Gasteiger partial charge in [0.2, 0.25) is 0 Å². The van der Waals surface area contributed by atoms with E-state index in [9.17, 15) is 0 Å². The van der Waals surface area contributed by atoms with E-state index in [4.69, 9.17) is 5.73 Å². The van der Waals surface area contributed by atoms with Gasteiger partial charge >= 0.3 is 0 Å².